The van der Waals surface area contributed by atoms with Crippen molar-refractivity contribution in [3.63, 3.8) is 0 Å². The first-order valence-electron chi connectivity index (χ1n) is 6.76. The van der Waals surface area contributed by atoms with Crippen LogP contribution >= 0.6 is 0 Å². The van der Waals surface area contributed by atoms with Crippen LogP contribution in [-0.2, 0) is 6.54 Å². The molecule has 2 aromatic rings. The van der Waals surface area contributed by atoms with Crippen LogP contribution in [0, 0.1) is 5.82 Å². The predicted molar refractivity (Wildman–Crippen MR) is 79.7 cm³/mol. The molecule has 0 radical (unpaired) electrons. The van der Waals surface area contributed by atoms with E-state index in [9.17, 15) is 14.3 Å². The number of halogens is 1. The first-order valence-corrected chi connectivity index (χ1v) is 6.76. The fraction of sp³-hybridized carbons (Fsp3) is 0.235. The molecule has 0 heterocycles. The molecule has 0 spiro atoms. The second-order valence-corrected chi connectivity index (χ2v) is 5.07. The molecule has 0 fully saturated rings. The van der Waals surface area contributed by atoms with Crippen molar-refractivity contribution in [2.24, 2.45) is 0 Å². The van der Waals surface area contributed by atoms with Crippen molar-refractivity contribution in [3.8, 4) is 0 Å². The van der Waals surface area contributed by atoms with Gasteiger partial charge in [0, 0.05) is 18.2 Å². The molecule has 0 saturated heterocycles. The minimum absolute atomic E-state index is 0.145. The summed E-state index contributed by atoms with van der Waals surface area (Å²) in [5, 5.41) is 9.20. The molecule has 0 saturated carbocycles. The quantitative estimate of drug-likeness (QED) is 0.911. The number of hydrogen-bond donors (Lipinski definition) is 1. The van der Waals surface area contributed by atoms with Gasteiger partial charge in [0.15, 0.2) is 0 Å². The molecule has 0 bridgehead atoms. The van der Waals surface area contributed by atoms with Crippen molar-refractivity contribution in [2.45, 2.75) is 19.5 Å². The molecule has 4 heteroatoms. The first-order chi connectivity index (χ1) is 10.0. The van der Waals surface area contributed by atoms with Gasteiger partial charge in [-0.05, 0) is 31.7 Å². The standard InChI is InChI=1S/C17H18FNO2/c1-12(14-8-5-6-10-16(14)18)19(2)11-13-7-3-4-9-15(13)17(20)21/h3-10,12H,11H2,1-2H3,(H,20,21). The molecule has 0 aliphatic carbocycles. The van der Waals surface area contributed by atoms with Gasteiger partial charge in [-0.25, -0.2) is 9.18 Å². The van der Waals surface area contributed by atoms with Crippen LogP contribution in [-0.4, -0.2) is 23.0 Å². The summed E-state index contributed by atoms with van der Waals surface area (Å²) in [5.41, 5.74) is 1.61. The Labute approximate surface area is 123 Å². The van der Waals surface area contributed by atoms with Gasteiger partial charge in [0.05, 0.1) is 5.56 Å². The van der Waals surface area contributed by atoms with Crippen LogP contribution in [0.25, 0.3) is 0 Å². The van der Waals surface area contributed by atoms with E-state index in [0.29, 0.717) is 12.1 Å². The lowest BCUT2D eigenvalue weighted by Crippen LogP contribution is -2.23. The highest BCUT2D eigenvalue weighted by Crippen LogP contribution is 2.24. The Morgan fingerprint density at radius 2 is 1.81 bits per heavy atom. The highest BCUT2D eigenvalue weighted by Gasteiger charge is 2.17. The van der Waals surface area contributed by atoms with Gasteiger partial charge < -0.3 is 5.11 Å². The lowest BCUT2D eigenvalue weighted by atomic mass is 10.0. The van der Waals surface area contributed by atoms with Crippen LogP contribution in [0.3, 0.4) is 0 Å². The number of aromatic carboxylic acids is 1. The smallest absolute Gasteiger partial charge is 0.336 e. The van der Waals surface area contributed by atoms with E-state index in [0.717, 1.165) is 5.56 Å². The zero-order chi connectivity index (χ0) is 15.4. The molecule has 1 N–H and O–H groups in total. The third kappa shape index (κ3) is 3.47. The number of rotatable bonds is 5. The van der Waals surface area contributed by atoms with Gasteiger partial charge in [-0.2, -0.15) is 0 Å². The Balaban J connectivity index is 2.20. The Morgan fingerprint density at radius 3 is 2.48 bits per heavy atom. The summed E-state index contributed by atoms with van der Waals surface area (Å²) in [7, 11) is 1.86. The maximum Gasteiger partial charge on any atom is 0.336 e. The summed E-state index contributed by atoms with van der Waals surface area (Å²) >= 11 is 0. The predicted octanol–water partition coefficient (Wildman–Crippen LogP) is 3.72. The van der Waals surface area contributed by atoms with Crippen molar-refractivity contribution < 1.29 is 14.3 Å². The van der Waals surface area contributed by atoms with Gasteiger partial charge in [-0.1, -0.05) is 36.4 Å². The van der Waals surface area contributed by atoms with Crippen LogP contribution in [0.2, 0.25) is 0 Å². The van der Waals surface area contributed by atoms with Crippen LogP contribution in [0.1, 0.15) is 34.5 Å². The molecule has 0 aliphatic heterocycles. The number of hydrogen-bond acceptors (Lipinski definition) is 2. The van der Waals surface area contributed by atoms with Crippen LogP contribution in [0.5, 0.6) is 0 Å². The molecule has 1 atom stereocenters. The van der Waals surface area contributed by atoms with Crippen LogP contribution in [0.4, 0.5) is 4.39 Å². The van der Waals surface area contributed by atoms with E-state index in [4.69, 9.17) is 0 Å². The van der Waals surface area contributed by atoms with E-state index in [-0.39, 0.29) is 17.4 Å². The average molecular weight is 287 g/mol. The van der Waals surface area contributed by atoms with Gasteiger partial charge in [0.1, 0.15) is 5.82 Å². The zero-order valence-electron chi connectivity index (χ0n) is 12.1. The lowest BCUT2D eigenvalue weighted by Gasteiger charge is -2.26. The van der Waals surface area contributed by atoms with E-state index >= 15 is 0 Å². The minimum Gasteiger partial charge on any atom is -0.478 e. The molecule has 21 heavy (non-hydrogen) atoms. The Morgan fingerprint density at radius 1 is 1.19 bits per heavy atom. The molecule has 0 aliphatic rings. The highest BCUT2D eigenvalue weighted by molar-refractivity contribution is 5.89. The molecule has 0 amide bonds. The second kappa shape index (κ2) is 6.50. The molecular weight excluding hydrogens is 269 g/mol. The third-order valence-electron chi connectivity index (χ3n) is 3.68. The maximum absolute atomic E-state index is 13.8. The van der Waals surface area contributed by atoms with Crippen molar-refractivity contribution in [3.05, 3.63) is 71.0 Å². The monoisotopic (exact) mass is 287 g/mol. The maximum atomic E-state index is 13.8. The minimum atomic E-state index is -0.947. The number of carboxylic acids is 1. The molecule has 110 valence electrons. The van der Waals surface area contributed by atoms with Crippen molar-refractivity contribution in [2.75, 3.05) is 7.05 Å². The normalized spacial score (nSPS) is 12.4. The largest absolute Gasteiger partial charge is 0.478 e. The van der Waals surface area contributed by atoms with E-state index in [2.05, 4.69) is 0 Å². The van der Waals surface area contributed by atoms with E-state index in [1.54, 1.807) is 36.4 Å². The third-order valence-corrected chi connectivity index (χ3v) is 3.68. The molecule has 1 unspecified atom stereocenters. The van der Waals surface area contributed by atoms with Crippen LogP contribution < -0.4 is 0 Å². The van der Waals surface area contributed by atoms with Crippen molar-refractivity contribution in [1.82, 2.24) is 4.90 Å². The number of carbonyl (C=O) groups is 1. The number of carboxylic acid groups (broad SMARTS) is 1. The van der Waals surface area contributed by atoms with Crippen LogP contribution in [0.15, 0.2) is 48.5 Å². The van der Waals surface area contributed by atoms with Crippen molar-refractivity contribution in [1.29, 1.82) is 0 Å². The zero-order valence-corrected chi connectivity index (χ0v) is 12.1. The fourth-order valence-corrected chi connectivity index (χ4v) is 2.32. The fourth-order valence-electron chi connectivity index (χ4n) is 2.32. The molecule has 3 nitrogen and oxygen atoms in total. The Hall–Kier alpha value is -2.20. The van der Waals surface area contributed by atoms with Gasteiger partial charge in [0.2, 0.25) is 0 Å². The molecule has 2 rings (SSSR count). The second-order valence-electron chi connectivity index (χ2n) is 5.07. The summed E-state index contributed by atoms with van der Waals surface area (Å²) < 4.78 is 13.8. The number of nitrogens with zero attached hydrogens (tertiary/aromatic N) is 1. The molecular formula is C17H18FNO2. The van der Waals surface area contributed by atoms with Crippen molar-refractivity contribution >= 4 is 5.97 Å². The van der Waals surface area contributed by atoms with E-state index in [1.807, 2.05) is 24.9 Å². The molecule has 0 aromatic heterocycles. The van der Waals surface area contributed by atoms with E-state index < -0.39 is 5.97 Å². The Kier molecular flexibility index (Phi) is 4.70. The summed E-state index contributed by atoms with van der Waals surface area (Å²) in [6.07, 6.45) is 0. The van der Waals surface area contributed by atoms with Gasteiger partial charge in [0.25, 0.3) is 0 Å². The summed E-state index contributed by atoms with van der Waals surface area (Å²) in [6, 6.07) is 13.4. The highest BCUT2D eigenvalue weighted by atomic mass is 19.1. The number of benzene rings is 2. The summed E-state index contributed by atoms with van der Waals surface area (Å²) in [5.74, 6) is -1.19. The summed E-state index contributed by atoms with van der Waals surface area (Å²) in [6.45, 7) is 2.35. The SMILES string of the molecule is CC(c1ccccc1F)N(C)Cc1ccccc1C(=O)O. The first kappa shape index (κ1) is 15.2. The summed E-state index contributed by atoms with van der Waals surface area (Å²) in [4.78, 5) is 13.1. The lowest BCUT2D eigenvalue weighted by molar-refractivity contribution is 0.0694. The topological polar surface area (TPSA) is 40.5 Å². The molecule has 2 aromatic carbocycles. The Bertz CT molecular complexity index is 642. The van der Waals surface area contributed by atoms with Gasteiger partial charge >= 0.3 is 5.97 Å². The van der Waals surface area contributed by atoms with Gasteiger partial charge in [-0.15, -0.1) is 0 Å². The average Bonchev–Trinajstić information content (AvgIpc) is 2.47. The van der Waals surface area contributed by atoms with Gasteiger partial charge in [-0.3, -0.25) is 4.90 Å². The van der Waals surface area contributed by atoms with E-state index in [1.165, 1.54) is 6.07 Å².